The number of hydrogen-bond acceptors (Lipinski definition) is 4. The normalized spacial score (nSPS) is 19.4. The molecule has 1 saturated heterocycles. The van der Waals surface area contributed by atoms with Gasteiger partial charge in [0.25, 0.3) is 0 Å². The molecule has 1 aliphatic heterocycles. The molecule has 5 nitrogen and oxygen atoms in total. The Balaban J connectivity index is 2.04. The molecule has 1 amide bonds. The predicted octanol–water partition coefficient (Wildman–Crippen LogP) is 2.57. The Labute approximate surface area is 125 Å². The highest BCUT2D eigenvalue weighted by Gasteiger charge is 2.30. The van der Waals surface area contributed by atoms with Crippen LogP contribution < -0.4 is 0 Å². The lowest BCUT2D eigenvalue weighted by Crippen LogP contribution is -2.51. The van der Waals surface area contributed by atoms with Gasteiger partial charge in [0.15, 0.2) is 0 Å². The van der Waals surface area contributed by atoms with Crippen LogP contribution in [-0.2, 0) is 15.9 Å². The molecule has 0 unspecified atom stereocenters. The molecular weight excluding hydrogens is 270 g/mol. The van der Waals surface area contributed by atoms with Crippen LogP contribution in [0.1, 0.15) is 26.3 Å². The third-order valence-electron chi connectivity index (χ3n) is 3.26. The van der Waals surface area contributed by atoms with Crippen molar-refractivity contribution in [3.8, 4) is 5.75 Å². The molecular formula is C16H23NO4. The number of rotatable bonds is 2. The molecule has 0 saturated carbocycles. The quantitative estimate of drug-likeness (QED) is 0.910. The minimum atomic E-state index is -0.502. The van der Waals surface area contributed by atoms with Crippen molar-refractivity contribution >= 4 is 6.09 Å². The Morgan fingerprint density at radius 2 is 2.05 bits per heavy atom. The molecule has 1 aromatic rings. The minimum Gasteiger partial charge on any atom is -0.508 e. The van der Waals surface area contributed by atoms with Crippen LogP contribution in [0.4, 0.5) is 4.79 Å². The Morgan fingerprint density at radius 3 is 2.67 bits per heavy atom. The lowest BCUT2D eigenvalue weighted by atomic mass is 10.0. The lowest BCUT2D eigenvalue weighted by Gasteiger charge is -2.36. The van der Waals surface area contributed by atoms with Crippen molar-refractivity contribution in [2.24, 2.45) is 0 Å². The first kappa shape index (κ1) is 15.6. The molecule has 5 heteroatoms. The fourth-order valence-corrected chi connectivity index (χ4v) is 2.29. The van der Waals surface area contributed by atoms with Crippen LogP contribution in [0.3, 0.4) is 0 Å². The van der Waals surface area contributed by atoms with E-state index in [0.717, 1.165) is 5.56 Å². The second-order valence-electron chi connectivity index (χ2n) is 6.27. The Kier molecular flexibility index (Phi) is 4.73. The van der Waals surface area contributed by atoms with Crippen molar-refractivity contribution in [3.05, 3.63) is 29.8 Å². The number of aromatic hydroxyl groups is 1. The van der Waals surface area contributed by atoms with Gasteiger partial charge in [0.1, 0.15) is 11.4 Å². The third kappa shape index (κ3) is 4.63. The van der Waals surface area contributed by atoms with Gasteiger partial charge in [-0.3, -0.25) is 0 Å². The van der Waals surface area contributed by atoms with Gasteiger partial charge in [-0.15, -0.1) is 0 Å². The van der Waals surface area contributed by atoms with E-state index in [1.54, 1.807) is 17.0 Å². The molecule has 116 valence electrons. The Hall–Kier alpha value is -1.75. The summed E-state index contributed by atoms with van der Waals surface area (Å²) in [5.41, 5.74) is 0.551. The van der Waals surface area contributed by atoms with Gasteiger partial charge in [-0.05, 0) is 44.9 Å². The summed E-state index contributed by atoms with van der Waals surface area (Å²) in [6, 6.07) is 6.97. The lowest BCUT2D eigenvalue weighted by molar-refractivity contribution is -0.0319. The van der Waals surface area contributed by atoms with Gasteiger partial charge < -0.3 is 19.5 Å². The minimum absolute atomic E-state index is 0.0434. The first-order valence-electron chi connectivity index (χ1n) is 7.20. The van der Waals surface area contributed by atoms with Crippen LogP contribution in [-0.4, -0.2) is 47.5 Å². The van der Waals surface area contributed by atoms with E-state index in [-0.39, 0.29) is 17.9 Å². The molecule has 1 atom stereocenters. The van der Waals surface area contributed by atoms with Crippen molar-refractivity contribution in [1.82, 2.24) is 4.90 Å². The summed E-state index contributed by atoms with van der Waals surface area (Å²) in [4.78, 5) is 14.0. The van der Waals surface area contributed by atoms with Gasteiger partial charge >= 0.3 is 6.09 Å². The topological polar surface area (TPSA) is 59.0 Å². The highest BCUT2D eigenvalue weighted by atomic mass is 16.6. The monoisotopic (exact) mass is 293 g/mol. The molecule has 0 aromatic heterocycles. The highest BCUT2D eigenvalue weighted by molar-refractivity contribution is 5.68. The van der Waals surface area contributed by atoms with Crippen molar-refractivity contribution in [2.75, 3.05) is 19.8 Å². The zero-order valence-corrected chi connectivity index (χ0v) is 12.8. The van der Waals surface area contributed by atoms with E-state index in [2.05, 4.69) is 0 Å². The van der Waals surface area contributed by atoms with Gasteiger partial charge in [-0.2, -0.15) is 0 Å². The van der Waals surface area contributed by atoms with Gasteiger partial charge in [-0.25, -0.2) is 4.79 Å². The van der Waals surface area contributed by atoms with Crippen LogP contribution in [0.15, 0.2) is 24.3 Å². The fraction of sp³-hybridized carbons (Fsp3) is 0.562. The summed E-state index contributed by atoms with van der Waals surface area (Å²) in [7, 11) is 0. The van der Waals surface area contributed by atoms with Crippen molar-refractivity contribution in [3.63, 3.8) is 0 Å². The molecule has 0 radical (unpaired) electrons. The molecule has 2 rings (SSSR count). The number of hydrogen-bond donors (Lipinski definition) is 1. The fourth-order valence-electron chi connectivity index (χ4n) is 2.29. The summed E-state index contributed by atoms with van der Waals surface area (Å²) in [6.07, 6.45) is 0.383. The molecule has 1 aliphatic rings. The predicted molar refractivity (Wildman–Crippen MR) is 79.4 cm³/mol. The number of phenols is 1. The molecule has 1 fully saturated rings. The highest BCUT2D eigenvalue weighted by Crippen LogP contribution is 2.19. The number of benzene rings is 1. The summed E-state index contributed by atoms with van der Waals surface area (Å²) in [5, 5.41) is 9.32. The Bertz CT molecular complexity index is 478. The van der Waals surface area contributed by atoms with Gasteiger partial charge in [0.2, 0.25) is 0 Å². The first-order chi connectivity index (χ1) is 9.85. The maximum absolute atomic E-state index is 12.3. The number of carbonyl (C=O) groups is 1. The van der Waals surface area contributed by atoms with Gasteiger partial charge in [0.05, 0.1) is 19.3 Å². The summed E-state index contributed by atoms with van der Waals surface area (Å²) in [6.45, 7) is 7.16. The Morgan fingerprint density at radius 1 is 1.38 bits per heavy atom. The van der Waals surface area contributed by atoms with Crippen LogP contribution >= 0.6 is 0 Å². The molecule has 21 heavy (non-hydrogen) atoms. The largest absolute Gasteiger partial charge is 0.508 e. The molecule has 0 spiro atoms. The number of nitrogens with zero attached hydrogens (tertiary/aromatic N) is 1. The standard InChI is InChI=1S/C16H23NO4/c1-16(2,3)21-15(19)17-8-9-20-11-13(17)10-12-4-6-14(18)7-5-12/h4-7,13,18H,8-11H2,1-3H3/t13-/m1/s1. The van der Waals surface area contributed by atoms with Crippen molar-refractivity contribution in [2.45, 2.75) is 38.8 Å². The van der Waals surface area contributed by atoms with Crippen LogP contribution in [0.25, 0.3) is 0 Å². The number of carbonyl (C=O) groups excluding carboxylic acids is 1. The van der Waals surface area contributed by atoms with E-state index in [4.69, 9.17) is 9.47 Å². The summed E-state index contributed by atoms with van der Waals surface area (Å²) in [5.74, 6) is 0.239. The summed E-state index contributed by atoms with van der Waals surface area (Å²) >= 11 is 0. The van der Waals surface area contributed by atoms with Crippen LogP contribution in [0, 0.1) is 0 Å². The average molecular weight is 293 g/mol. The van der Waals surface area contributed by atoms with Crippen LogP contribution in [0.2, 0.25) is 0 Å². The van der Waals surface area contributed by atoms with E-state index in [9.17, 15) is 9.90 Å². The van der Waals surface area contributed by atoms with Crippen molar-refractivity contribution in [1.29, 1.82) is 0 Å². The van der Waals surface area contributed by atoms with E-state index in [1.807, 2.05) is 32.9 Å². The number of amides is 1. The molecule has 1 heterocycles. The van der Waals surface area contributed by atoms with Gasteiger partial charge in [0, 0.05) is 6.54 Å². The second-order valence-corrected chi connectivity index (χ2v) is 6.27. The van der Waals surface area contributed by atoms with E-state index in [1.165, 1.54) is 0 Å². The zero-order chi connectivity index (χ0) is 15.5. The SMILES string of the molecule is CC(C)(C)OC(=O)N1CCOC[C@H]1Cc1ccc(O)cc1. The first-order valence-corrected chi connectivity index (χ1v) is 7.20. The summed E-state index contributed by atoms with van der Waals surface area (Å²) < 4.78 is 10.9. The molecule has 1 aromatic carbocycles. The van der Waals surface area contributed by atoms with E-state index < -0.39 is 5.60 Å². The van der Waals surface area contributed by atoms with Crippen molar-refractivity contribution < 1.29 is 19.4 Å². The molecule has 1 N–H and O–H groups in total. The second kappa shape index (κ2) is 6.35. The average Bonchev–Trinajstić information content (AvgIpc) is 2.40. The number of ether oxygens (including phenoxy) is 2. The van der Waals surface area contributed by atoms with E-state index in [0.29, 0.717) is 26.2 Å². The number of phenolic OH excluding ortho intramolecular Hbond substituents is 1. The number of morpholine rings is 1. The zero-order valence-electron chi connectivity index (χ0n) is 12.8. The molecule has 0 aliphatic carbocycles. The third-order valence-corrected chi connectivity index (χ3v) is 3.26. The maximum Gasteiger partial charge on any atom is 0.410 e. The maximum atomic E-state index is 12.3. The molecule has 0 bridgehead atoms. The smallest absolute Gasteiger partial charge is 0.410 e. The van der Waals surface area contributed by atoms with Crippen LogP contribution in [0.5, 0.6) is 5.75 Å². The van der Waals surface area contributed by atoms with Gasteiger partial charge in [-0.1, -0.05) is 12.1 Å². The van der Waals surface area contributed by atoms with E-state index >= 15 is 0 Å².